The van der Waals surface area contributed by atoms with Crippen molar-refractivity contribution in [2.75, 3.05) is 0 Å². The molecule has 2 rings (SSSR count). The van der Waals surface area contributed by atoms with Crippen LogP contribution in [0.2, 0.25) is 0 Å². The van der Waals surface area contributed by atoms with Gasteiger partial charge in [0.05, 0.1) is 0 Å². The summed E-state index contributed by atoms with van der Waals surface area (Å²) in [5.74, 6) is 1.76. The molecule has 2 nitrogen and oxygen atoms in total. The molecular weight excluding hydrogens is 186 g/mol. The third-order valence-corrected chi connectivity index (χ3v) is 2.31. The lowest BCUT2D eigenvalue weighted by molar-refractivity contribution is 0.442. The highest BCUT2D eigenvalue weighted by Gasteiger charge is 2.01. The van der Waals surface area contributed by atoms with Crippen molar-refractivity contribution in [3.8, 4) is 11.6 Å². The number of hydrogen-bond acceptors (Lipinski definition) is 1. The van der Waals surface area contributed by atoms with Gasteiger partial charge in [0.1, 0.15) is 5.75 Å². The van der Waals surface area contributed by atoms with Crippen molar-refractivity contribution in [3.63, 3.8) is 0 Å². The second-order valence-electron chi connectivity index (χ2n) is 3.88. The number of aryl methyl sites for hydroxylation is 3. The van der Waals surface area contributed by atoms with Crippen LogP contribution < -0.4 is 4.74 Å². The van der Waals surface area contributed by atoms with Crippen LogP contribution >= 0.6 is 0 Å². The van der Waals surface area contributed by atoms with Gasteiger partial charge in [-0.05, 0) is 43.2 Å². The van der Waals surface area contributed by atoms with E-state index in [9.17, 15) is 0 Å². The highest BCUT2D eigenvalue weighted by Crippen LogP contribution is 2.23. The van der Waals surface area contributed by atoms with E-state index in [1.54, 1.807) is 0 Å². The molecule has 1 aromatic carbocycles. The molecule has 0 aliphatic heterocycles. The van der Waals surface area contributed by atoms with Gasteiger partial charge in [0, 0.05) is 19.3 Å². The number of aromatic nitrogens is 1. The van der Waals surface area contributed by atoms with Crippen LogP contribution in [0.4, 0.5) is 0 Å². The minimum Gasteiger partial charge on any atom is -0.441 e. The van der Waals surface area contributed by atoms with Crippen LogP contribution in [0.5, 0.6) is 11.6 Å². The van der Waals surface area contributed by atoms with E-state index >= 15 is 0 Å². The number of hydrogen-bond donors (Lipinski definition) is 0. The molecule has 0 bridgehead atoms. The van der Waals surface area contributed by atoms with Crippen molar-refractivity contribution >= 4 is 0 Å². The van der Waals surface area contributed by atoms with Crippen molar-refractivity contribution in [1.29, 1.82) is 0 Å². The largest absolute Gasteiger partial charge is 0.441 e. The molecule has 0 unspecified atom stereocenters. The maximum atomic E-state index is 5.77. The Labute approximate surface area is 90.1 Å². The Bertz CT molecular complexity index is 451. The maximum Gasteiger partial charge on any atom is 0.199 e. The van der Waals surface area contributed by atoms with E-state index in [0.717, 1.165) is 11.6 Å². The molecule has 0 aliphatic rings. The Kier molecular flexibility index (Phi) is 2.50. The number of nitrogens with zero attached hydrogens (tertiary/aromatic N) is 1. The number of rotatable bonds is 2. The standard InChI is InChI=1S/C13H15NO/c1-10-7-11(2)9-12(8-10)15-13-5-4-6-14(13)3/h4-9H,1-3H3. The summed E-state index contributed by atoms with van der Waals surface area (Å²) >= 11 is 0. The van der Waals surface area contributed by atoms with Crippen molar-refractivity contribution in [3.05, 3.63) is 47.7 Å². The molecule has 0 N–H and O–H groups in total. The molecule has 0 spiro atoms. The van der Waals surface area contributed by atoms with Crippen LogP contribution in [0.1, 0.15) is 11.1 Å². The lowest BCUT2D eigenvalue weighted by atomic mass is 10.1. The van der Waals surface area contributed by atoms with Crippen LogP contribution in [-0.4, -0.2) is 4.57 Å². The van der Waals surface area contributed by atoms with Gasteiger partial charge in [-0.15, -0.1) is 0 Å². The van der Waals surface area contributed by atoms with Gasteiger partial charge in [0.25, 0.3) is 0 Å². The fourth-order valence-corrected chi connectivity index (χ4v) is 1.66. The Balaban J connectivity index is 2.28. The van der Waals surface area contributed by atoms with Crippen molar-refractivity contribution in [2.24, 2.45) is 7.05 Å². The zero-order chi connectivity index (χ0) is 10.8. The highest BCUT2D eigenvalue weighted by atomic mass is 16.5. The van der Waals surface area contributed by atoms with Gasteiger partial charge in [-0.2, -0.15) is 0 Å². The van der Waals surface area contributed by atoms with E-state index in [4.69, 9.17) is 4.74 Å². The van der Waals surface area contributed by atoms with Crippen LogP contribution in [0.15, 0.2) is 36.5 Å². The molecule has 0 saturated carbocycles. The summed E-state index contributed by atoms with van der Waals surface area (Å²) < 4.78 is 7.73. The smallest absolute Gasteiger partial charge is 0.199 e. The molecule has 0 amide bonds. The molecule has 0 atom stereocenters. The zero-order valence-electron chi connectivity index (χ0n) is 9.32. The maximum absolute atomic E-state index is 5.77. The van der Waals surface area contributed by atoms with E-state index in [-0.39, 0.29) is 0 Å². The second-order valence-corrected chi connectivity index (χ2v) is 3.88. The van der Waals surface area contributed by atoms with Gasteiger partial charge >= 0.3 is 0 Å². The summed E-state index contributed by atoms with van der Waals surface area (Å²) in [5, 5.41) is 0. The normalized spacial score (nSPS) is 10.3. The molecule has 78 valence electrons. The molecular formula is C13H15NO. The Morgan fingerprint density at radius 1 is 1.07 bits per heavy atom. The summed E-state index contributed by atoms with van der Waals surface area (Å²) in [5.41, 5.74) is 2.44. The van der Waals surface area contributed by atoms with Gasteiger partial charge in [-0.3, -0.25) is 0 Å². The first-order valence-electron chi connectivity index (χ1n) is 5.02. The van der Waals surface area contributed by atoms with E-state index in [0.29, 0.717) is 0 Å². The van der Waals surface area contributed by atoms with E-state index in [1.807, 2.05) is 42.1 Å². The second kappa shape index (κ2) is 3.81. The monoisotopic (exact) mass is 201 g/mol. The average molecular weight is 201 g/mol. The first kappa shape index (κ1) is 9.84. The van der Waals surface area contributed by atoms with Gasteiger partial charge in [-0.1, -0.05) is 6.07 Å². The van der Waals surface area contributed by atoms with E-state index in [1.165, 1.54) is 11.1 Å². The van der Waals surface area contributed by atoms with Crippen molar-refractivity contribution in [1.82, 2.24) is 4.57 Å². The fraction of sp³-hybridized carbons (Fsp3) is 0.231. The predicted molar refractivity (Wildman–Crippen MR) is 61.4 cm³/mol. The van der Waals surface area contributed by atoms with Crippen LogP contribution in [0.3, 0.4) is 0 Å². The molecule has 2 aromatic rings. The van der Waals surface area contributed by atoms with E-state index in [2.05, 4.69) is 19.9 Å². The summed E-state index contributed by atoms with van der Waals surface area (Å²) in [7, 11) is 1.97. The summed E-state index contributed by atoms with van der Waals surface area (Å²) in [6.07, 6.45) is 1.97. The summed E-state index contributed by atoms with van der Waals surface area (Å²) in [6, 6.07) is 10.1. The average Bonchev–Trinajstić information content (AvgIpc) is 2.50. The third-order valence-electron chi connectivity index (χ3n) is 2.31. The molecule has 0 aliphatic carbocycles. The van der Waals surface area contributed by atoms with Crippen molar-refractivity contribution in [2.45, 2.75) is 13.8 Å². The first-order valence-corrected chi connectivity index (χ1v) is 5.02. The number of ether oxygens (including phenoxy) is 1. The van der Waals surface area contributed by atoms with E-state index < -0.39 is 0 Å². The molecule has 2 heteroatoms. The lowest BCUT2D eigenvalue weighted by Gasteiger charge is -2.08. The summed E-state index contributed by atoms with van der Waals surface area (Å²) in [4.78, 5) is 0. The highest BCUT2D eigenvalue weighted by molar-refractivity contribution is 5.35. The Morgan fingerprint density at radius 3 is 2.27 bits per heavy atom. The van der Waals surface area contributed by atoms with Gasteiger partial charge in [-0.25, -0.2) is 0 Å². The lowest BCUT2D eigenvalue weighted by Crippen LogP contribution is -1.92. The van der Waals surface area contributed by atoms with Crippen LogP contribution in [0, 0.1) is 13.8 Å². The van der Waals surface area contributed by atoms with Crippen LogP contribution in [-0.2, 0) is 7.05 Å². The topological polar surface area (TPSA) is 14.2 Å². The molecule has 1 aromatic heterocycles. The van der Waals surface area contributed by atoms with Gasteiger partial charge in [0.15, 0.2) is 5.88 Å². The quantitative estimate of drug-likeness (QED) is 0.726. The van der Waals surface area contributed by atoms with Gasteiger partial charge < -0.3 is 9.30 Å². The first-order chi connectivity index (χ1) is 7.15. The van der Waals surface area contributed by atoms with Crippen LogP contribution in [0.25, 0.3) is 0 Å². The minimum atomic E-state index is 0.861. The van der Waals surface area contributed by atoms with Gasteiger partial charge in [0.2, 0.25) is 0 Å². The number of benzene rings is 1. The zero-order valence-corrected chi connectivity index (χ0v) is 9.32. The predicted octanol–water partition coefficient (Wildman–Crippen LogP) is 3.43. The fourth-order valence-electron chi connectivity index (χ4n) is 1.66. The molecule has 0 saturated heterocycles. The van der Waals surface area contributed by atoms with Crippen molar-refractivity contribution < 1.29 is 4.74 Å². The Morgan fingerprint density at radius 2 is 1.73 bits per heavy atom. The SMILES string of the molecule is Cc1cc(C)cc(Oc2cccn2C)c1. The molecule has 1 heterocycles. The molecule has 0 fully saturated rings. The Hall–Kier alpha value is -1.70. The summed E-state index contributed by atoms with van der Waals surface area (Å²) in [6.45, 7) is 4.15. The molecule has 15 heavy (non-hydrogen) atoms. The molecule has 0 radical (unpaired) electrons. The minimum absolute atomic E-state index is 0.861. The third kappa shape index (κ3) is 2.21.